The number of rotatable bonds is 4. The van der Waals surface area contributed by atoms with Crippen molar-refractivity contribution in [3.8, 4) is 0 Å². The van der Waals surface area contributed by atoms with E-state index in [1.807, 2.05) is 7.05 Å². The van der Waals surface area contributed by atoms with Crippen LogP contribution in [0.2, 0.25) is 0 Å². The lowest BCUT2D eigenvalue weighted by Crippen LogP contribution is -2.14. The molecule has 106 valence electrons. The van der Waals surface area contributed by atoms with Crippen LogP contribution in [0.25, 0.3) is 0 Å². The lowest BCUT2D eigenvalue weighted by molar-refractivity contribution is 0.566. The molecule has 0 fully saturated rings. The van der Waals surface area contributed by atoms with E-state index in [1.165, 1.54) is 35.4 Å². The molecule has 0 saturated heterocycles. The van der Waals surface area contributed by atoms with Crippen LogP contribution in [0, 0.1) is 0 Å². The van der Waals surface area contributed by atoms with Gasteiger partial charge in [0, 0.05) is 5.92 Å². The summed E-state index contributed by atoms with van der Waals surface area (Å²) in [5.41, 5.74) is 2.94. The second-order valence-corrected chi connectivity index (χ2v) is 6.41. The van der Waals surface area contributed by atoms with Crippen molar-refractivity contribution in [1.29, 1.82) is 0 Å². The number of nitrogens with zero attached hydrogens (tertiary/aromatic N) is 2. The minimum absolute atomic E-state index is 0.333. The van der Waals surface area contributed by atoms with Crippen molar-refractivity contribution < 1.29 is 0 Å². The maximum atomic E-state index is 4.48. The van der Waals surface area contributed by atoms with Crippen LogP contribution in [-0.4, -0.2) is 17.2 Å². The molecule has 2 aromatic rings. The number of hydrogen-bond donors (Lipinski definition) is 1. The summed E-state index contributed by atoms with van der Waals surface area (Å²) in [5, 5.41) is 14.5. The van der Waals surface area contributed by atoms with Crippen LogP contribution in [0.15, 0.2) is 24.3 Å². The molecule has 0 radical (unpaired) electrons. The molecule has 1 heterocycles. The Bertz CT molecular complexity index is 575. The Balaban J connectivity index is 1.91. The molecular formula is C16H21N3S. The Morgan fingerprint density at radius 2 is 2.20 bits per heavy atom. The molecule has 1 aliphatic carbocycles. The monoisotopic (exact) mass is 287 g/mol. The van der Waals surface area contributed by atoms with Gasteiger partial charge >= 0.3 is 0 Å². The van der Waals surface area contributed by atoms with Gasteiger partial charge in [-0.05, 0) is 43.9 Å². The zero-order valence-electron chi connectivity index (χ0n) is 12.1. The quantitative estimate of drug-likeness (QED) is 0.932. The highest BCUT2D eigenvalue weighted by molar-refractivity contribution is 7.11. The van der Waals surface area contributed by atoms with E-state index in [4.69, 9.17) is 0 Å². The third-order valence-electron chi connectivity index (χ3n) is 4.18. The second-order valence-electron chi connectivity index (χ2n) is 5.37. The highest BCUT2D eigenvalue weighted by Gasteiger charge is 2.25. The molecule has 2 atom stereocenters. The third-order valence-corrected chi connectivity index (χ3v) is 5.33. The summed E-state index contributed by atoms with van der Waals surface area (Å²) in [5.74, 6) is 0.445. The van der Waals surface area contributed by atoms with Gasteiger partial charge in [0.2, 0.25) is 0 Å². The van der Waals surface area contributed by atoms with E-state index >= 15 is 0 Å². The maximum Gasteiger partial charge on any atom is 0.134 e. The Morgan fingerprint density at radius 1 is 1.35 bits per heavy atom. The molecule has 0 bridgehead atoms. The molecule has 0 spiro atoms. The molecule has 3 rings (SSSR count). The lowest BCUT2D eigenvalue weighted by atomic mass is 9.83. The molecule has 0 amide bonds. The molecule has 1 aromatic carbocycles. The van der Waals surface area contributed by atoms with Gasteiger partial charge in [-0.15, -0.1) is 10.2 Å². The van der Waals surface area contributed by atoms with Crippen molar-refractivity contribution in [2.75, 3.05) is 7.05 Å². The average Bonchev–Trinajstić information content (AvgIpc) is 2.97. The van der Waals surface area contributed by atoms with Crippen molar-refractivity contribution in [2.24, 2.45) is 0 Å². The first-order valence-corrected chi connectivity index (χ1v) is 8.23. The fourth-order valence-electron chi connectivity index (χ4n) is 3.04. The molecule has 4 heteroatoms. The van der Waals surface area contributed by atoms with E-state index in [2.05, 4.69) is 46.7 Å². The predicted molar refractivity (Wildman–Crippen MR) is 83.2 cm³/mol. The summed E-state index contributed by atoms with van der Waals surface area (Å²) in [6, 6.07) is 9.13. The van der Waals surface area contributed by atoms with Gasteiger partial charge < -0.3 is 5.32 Å². The van der Waals surface area contributed by atoms with E-state index < -0.39 is 0 Å². The molecular weight excluding hydrogens is 266 g/mol. The van der Waals surface area contributed by atoms with E-state index in [0.29, 0.717) is 12.0 Å². The van der Waals surface area contributed by atoms with Crippen LogP contribution in [0.5, 0.6) is 0 Å². The number of nitrogens with one attached hydrogen (secondary N) is 1. The van der Waals surface area contributed by atoms with Gasteiger partial charge in [-0.1, -0.05) is 42.5 Å². The minimum Gasteiger partial charge on any atom is -0.311 e. The second kappa shape index (κ2) is 6.02. The fourth-order valence-corrected chi connectivity index (χ4v) is 4.23. The van der Waals surface area contributed by atoms with Crippen LogP contribution in [0.4, 0.5) is 0 Å². The van der Waals surface area contributed by atoms with Gasteiger partial charge in [-0.3, -0.25) is 0 Å². The topological polar surface area (TPSA) is 37.8 Å². The summed E-state index contributed by atoms with van der Waals surface area (Å²) in [4.78, 5) is 0. The molecule has 3 nitrogen and oxygen atoms in total. The van der Waals surface area contributed by atoms with Gasteiger partial charge in [0.05, 0.1) is 6.04 Å². The molecule has 2 unspecified atom stereocenters. The van der Waals surface area contributed by atoms with Crippen molar-refractivity contribution in [3.63, 3.8) is 0 Å². The lowest BCUT2D eigenvalue weighted by Gasteiger charge is -2.23. The van der Waals surface area contributed by atoms with Gasteiger partial charge in [-0.2, -0.15) is 0 Å². The van der Waals surface area contributed by atoms with E-state index in [1.54, 1.807) is 11.3 Å². The molecule has 20 heavy (non-hydrogen) atoms. The maximum absolute atomic E-state index is 4.48. The van der Waals surface area contributed by atoms with Crippen LogP contribution in [-0.2, 0) is 6.42 Å². The molecule has 0 saturated carbocycles. The molecule has 1 aliphatic rings. The van der Waals surface area contributed by atoms with Crippen molar-refractivity contribution >= 4 is 11.3 Å². The van der Waals surface area contributed by atoms with Gasteiger partial charge in [0.25, 0.3) is 0 Å². The average molecular weight is 287 g/mol. The Kier molecular flexibility index (Phi) is 4.13. The SMILES string of the molecule is CCC(NC)c1nnc(C2CCCc3ccccc32)s1. The first-order valence-electron chi connectivity index (χ1n) is 7.41. The summed E-state index contributed by atoms with van der Waals surface area (Å²) >= 11 is 1.78. The van der Waals surface area contributed by atoms with E-state index in [9.17, 15) is 0 Å². The number of benzene rings is 1. The molecule has 1 aromatic heterocycles. The van der Waals surface area contributed by atoms with E-state index in [-0.39, 0.29) is 0 Å². The third kappa shape index (κ3) is 2.50. The predicted octanol–water partition coefficient (Wildman–Crippen LogP) is 3.68. The zero-order valence-corrected chi connectivity index (χ0v) is 12.9. The van der Waals surface area contributed by atoms with Crippen LogP contribution < -0.4 is 5.32 Å². The summed E-state index contributed by atoms with van der Waals surface area (Å²) in [6.07, 6.45) is 4.70. The highest BCUT2D eigenvalue weighted by atomic mass is 32.1. The van der Waals surface area contributed by atoms with Crippen LogP contribution in [0.3, 0.4) is 0 Å². The van der Waals surface area contributed by atoms with Crippen molar-refractivity contribution in [2.45, 2.75) is 44.6 Å². The normalized spacial score (nSPS) is 19.6. The highest BCUT2D eigenvalue weighted by Crippen LogP contribution is 2.38. The summed E-state index contributed by atoms with van der Waals surface area (Å²) in [6.45, 7) is 2.18. The minimum atomic E-state index is 0.333. The summed E-state index contributed by atoms with van der Waals surface area (Å²) in [7, 11) is 1.99. The summed E-state index contributed by atoms with van der Waals surface area (Å²) < 4.78 is 0. The number of aromatic nitrogens is 2. The van der Waals surface area contributed by atoms with E-state index in [0.717, 1.165) is 11.4 Å². The number of hydrogen-bond acceptors (Lipinski definition) is 4. The molecule has 1 N–H and O–H groups in total. The first kappa shape index (κ1) is 13.7. The number of aryl methyl sites for hydroxylation is 1. The van der Waals surface area contributed by atoms with Gasteiger partial charge in [0.15, 0.2) is 0 Å². The van der Waals surface area contributed by atoms with Crippen LogP contribution >= 0.6 is 11.3 Å². The van der Waals surface area contributed by atoms with Crippen molar-refractivity contribution in [1.82, 2.24) is 15.5 Å². The Morgan fingerprint density at radius 3 is 3.00 bits per heavy atom. The molecule has 0 aliphatic heterocycles. The largest absolute Gasteiger partial charge is 0.311 e. The van der Waals surface area contributed by atoms with Crippen molar-refractivity contribution in [3.05, 3.63) is 45.4 Å². The Hall–Kier alpha value is -1.26. The zero-order chi connectivity index (χ0) is 13.9. The Labute approximate surface area is 124 Å². The number of fused-ring (bicyclic) bond motifs is 1. The smallest absolute Gasteiger partial charge is 0.134 e. The van der Waals surface area contributed by atoms with Gasteiger partial charge in [-0.25, -0.2) is 0 Å². The van der Waals surface area contributed by atoms with Crippen LogP contribution in [0.1, 0.15) is 59.3 Å². The standard InChI is InChI=1S/C16H21N3S/c1-3-14(17-2)16-19-18-15(20-16)13-10-6-8-11-7-4-5-9-12(11)13/h4-5,7,9,13-14,17H,3,6,8,10H2,1-2H3. The van der Waals surface area contributed by atoms with Gasteiger partial charge in [0.1, 0.15) is 10.0 Å². The fraction of sp³-hybridized carbons (Fsp3) is 0.500. The first-order chi connectivity index (χ1) is 9.83.